The molecular weight excluding hydrogens is 222 g/mol. The Labute approximate surface area is 97.9 Å². The van der Waals surface area contributed by atoms with Gasteiger partial charge in [-0.05, 0) is 0 Å². The predicted octanol–water partition coefficient (Wildman–Crippen LogP) is -0.698. The Morgan fingerprint density at radius 2 is 2.41 bits per heavy atom. The first-order chi connectivity index (χ1) is 8.16. The minimum Gasteiger partial charge on any atom is -0.344 e. The lowest BCUT2D eigenvalue weighted by atomic mass is 10.1. The fraction of sp³-hybridized carbons (Fsp3) is 0.400. The monoisotopic (exact) mass is 235 g/mol. The molecule has 0 aliphatic carbocycles. The number of nitrogens with zero attached hydrogens (tertiary/aromatic N) is 3. The number of hydrogen-bond acceptors (Lipinski definition) is 4. The van der Waals surface area contributed by atoms with Gasteiger partial charge in [-0.15, -0.1) is 0 Å². The maximum Gasteiger partial charge on any atom is 0.267 e. The van der Waals surface area contributed by atoms with Crippen molar-refractivity contribution in [3.8, 4) is 0 Å². The average molecular weight is 235 g/mol. The maximum atomic E-state index is 11.7. The van der Waals surface area contributed by atoms with E-state index in [1.165, 1.54) is 0 Å². The number of hydrazone groups is 1. The van der Waals surface area contributed by atoms with Crippen LogP contribution in [0, 0.1) is 0 Å². The molecule has 0 unspecified atom stereocenters. The molecule has 0 bridgehead atoms. The highest BCUT2D eigenvalue weighted by Gasteiger charge is 2.18. The van der Waals surface area contributed by atoms with Gasteiger partial charge in [-0.25, -0.2) is 10.4 Å². The van der Waals surface area contributed by atoms with Crippen LogP contribution in [0.1, 0.15) is 18.7 Å². The van der Waals surface area contributed by atoms with E-state index in [0.717, 1.165) is 5.82 Å². The number of carbonyl (C=O) groups excluding carboxylic acids is 2. The summed E-state index contributed by atoms with van der Waals surface area (Å²) in [6.45, 7) is 0.343. The molecule has 0 atom stereocenters. The minimum absolute atomic E-state index is 0.161. The maximum absolute atomic E-state index is 11.7. The molecule has 90 valence electrons. The van der Waals surface area contributed by atoms with Gasteiger partial charge in [0.1, 0.15) is 11.5 Å². The van der Waals surface area contributed by atoms with E-state index in [9.17, 15) is 9.59 Å². The SMILES string of the molecule is Cn1ccnc1CNC(=O)C1=NNC(=O)CC1. The summed E-state index contributed by atoms with van der Waals surface area (Å²) in [5, 5.41) is 6.42. The minimum atomic E-state index is -0.270. The van der Waals surface area contributed by atoms with Crippen molar-refractivity contribution in [1.82, 2.24) is 20.3 Å². The lowest BCUT2D eigenvalue weighted by molar-refractivity contribution is -0.121. The van der Waals surface area contributed by atoms with Crippen LogP contribution in [0.4, 0.5) is 0 Å². The van der Waals surface area contributed by atoms with E-state index in [1.807, 2.05) is 11.6 Å². The molecule has 0 fully saturated rings. The van der Waals surface area contributed by atoms with Gasteiger partial charge in [0.25, 0.3) is 5.91 Å². The Bertz CT molecular complexity index is 477. The second-order valence-electron chi connectivity index (χ2n) is 3.73. The van der Waals surface area contributed by atoms with Crippen molar-refractivity contribution in [3.63, 3.8) is 0 Å². The van der Waals surface area contributed by atoms with Crippen LogP contribution in [0.5, 0.6) is 0 Å². The molecule has 1 aliphatic heterocycles. The normalized spacial score (nSPS) is 15.1. The Kier molecular flexibility index (Phi) is 3.17. The smallest absolute Gasteiger partial charge is 0.267 e. The van der Waals surface area contributed by atoms with Crippen molar-refractivity contribution in [2.24, 2.45) is 12.1 Å². The molecule has 17 heavy (non-hydrogen) atoms. The van der Waals surface area contributed by atoms with Gasteiger partial charge < -0.3 is 9.88 Å². The van der Waals surface area contributed by atoms with Gasteiger partial charge in [-0.2, -0.15) is 5.10 Å². The van der Waals surface area contributed by atoms with E-state index in [2.05, 4.69) is 20.8 Å². The number of carbonyl (C=O) groups is 2. The number of aryl methyl sites for hydroxylation is 1. The summed E-state index contributed by atoms with van der Waals surface area (Å²) in [5.74, 6) is 0.331. The van der Waals surface area contributed by atoms with Crippen LogP contribution in [-0.4, -0.2) is 27.1 Å². The Hall–Kier alpha value is -2.18. The first kappa shape index (κ1) is 11.3. The van der Waals surface area contributed by atoms with Crippen molar-refractivity contribution in [1.29, 1.82) is 0 Å². The van der Waals surface area contributed by atoms with Gasteiger partial charge in [-0.3, -0.25) is 9.59 Å². The summed E-state index contributed by atoms with van der Waals surface area (Å²) in [7, 11) is 1.85. The van der Waals surface area contributed by atoms with E-state index in [4.69, 9.17) is 0 Å². The van der Waals surface area contributed by atoms with E-state index < -0.39 is 0 Å². The highest BCUT2D eigenvalue weighted by molar-refractivity contribution is 6.39. The van der Waals surface area contributed by atoms with Gasteiger partial charge >= 0.3 is 0 Å². The highest BCUT2D eigenvalue weighted by Crippen LogP contribution is 2.00. The number of nitrogens with one attached hydrogen (secondary N) is 2. The average Bonchev–Trinajstić information content (AvgIpc) is 2.73. The summed E-state index contributed by atoms with van der Waals surface area (Å²) in [6.07, 6.45) is 4.15. The molecule has 1 aliphatic rings. The molecule has 1 aromatic heterocycles. The quantitative estimate of drug-likeness (QED) is 0.726. The number of imidazole rings is 1. The van der Waals surface area contributed by atoms with Crippen LogP contribution in [-0.2, 0) is 23.2 Å². The molecule has 0 saturated heterocycles. The molecule has 7 heteroatoms. The fourth-order valence-electron chi connectivity index (χ4n) is 1.47. The number of rotatable bonds is 3. The molecule has 7 nitrogen and oxygen atoms in total. The largest absolute Gasteiger partial charge is 0.344 e. The Morgan fingerprint density at radius 1 is 1.59 bits per heavy atom. The standard InChI is InChI=1S/C10H13N5O2/c1-15-5-4-11-8(15)6-12-10(17)7-2-3-9(16)14-13-7/h4-5H,2-3,6H2,1H3,(H,12,17)(H,14,16). The van der Waals surface area contributed by atoms with Crippen LogP contribution in [0.25, 0.3) is 0 Å². The molecule has 0 radical (unpaired) electrons. The molecule has 2 rings (SSSR count). The first-order valence-electron chi connectivity index (χ1n) is 5.26. The van der Waals surface area contributed by atoms with Crippen molar-refractivity contribution >= 4 is 17.5 Å². The summed E-state index contributed by atoms with van der Waals surface area (Å²) < 4.78 is 1.82. The molecule has 1 aromatic rings. The number of amides is 2. The van der Waals surface area contributed by atoms with E-state index in [0.29, 0.717) is 25.1 Å². The molecular formula is C10H13N5O2. The Balaban J connectivity index is 1.90. The summed E-state index contributed by atoms with van der Waals surface area (Å²) in [6, 6.07) is 0. The van der Waals surface area contributed by atoms with E-state index in [1.54, 1.807) is 12.4 Å². The van der Waals surface area contributed by atoms with Crippen molar-refractivity contribution in [3.05, 3.63) is 18.2 Å². The summed E-state index contributed by atoms with van der Waals surface area (Å²) >= 11 is 0. The van der Waals surface area contributed by atoms with Crippen molar-refractivity contribution in [2.75, 3.05) is 0 Å². The zero-order valence-corrected chi connectivity index (χ0v) is 9.43. The molecule has 0 spiro atoms. The first-order valence-corrected chi connectivity index (χ1v) is 5.26. The number of hydrogen-bond donors (Lipinski definition) is 2. The van der Waals surface area contributed by atoms with Crippen LogP contribution < -0.4 is 10.7 Å². The molecule has 2 amide bonds. The molecule has 0 saturated carbocycles. The van der Waals surface area contributed by atoms with Crippen LogP contribution in [0.2, 0.25) is 0 Å². The Morgan fingerprint density at radius 3 is 3.00 bits per heavy atom. The molecule has 2 heterocycles. The third-order valence-corrected chi connectivity index (χ3v) is 2.49. The highest BCUT2D eigenvalue weighted by atomic mass is 16.2. The number of aromatic nitrogens is 2. The third-order valence-electron chi connectivity index (χ3n) is 2.49. The van der Waals surface area contributed by atoms with Gasteiger partial charge in [0.2, 0.25) is 5.91 Å². The third kappa shape index (κ3) is 2.68. The van der Waals surface area contributed by atoms with Gasteiger partial charge in [0.05, 0.1) is 6.54 Å². The topological polar surface area (TPSA) is 88.4 Å². The lowest BCUT2D eigenvalue weighted by Gasteiger charge is -2.11. The van der Waals surface area contributed by atoms with E-state index >= 15 is 0 Å². The van der Waals surface area contributed by atoms with Crippen LogP contribution >= 0.6 is 0 Å². The van der Waals surface area contributed by atoms with Crippen molar-refractivity contribution < 1.29 is 9.59 Å². The second kappa shape index (κ2) is 4.77. The lowest BCUT2D eigenvalue weighted by Crippen LogP contribution is -2.36. The second-order valence-corrected chi connectivity index (χ2v) is 3.73. The van der Waals surface area contributed by atoms with Gasteiger partial charge in [0, 0.05) is 32.3 Å². The van der Waals surface area contributed by atoms with Gasteiger partial charge in [0.15, 0.2) is 0 Å². The summed E-state index contributed by atoms with van der Waals surface area (Å²) in [4.78, 5) is 26.6. The van der Waals surface area contributed by atoms with Crippen LogP contribution in [0.15, 0.2) is 17.5 Å². The zero-order chi connectivity index (χ0) is 12.3. The summed E-state index contributed by atoms with van der Waals surface area (Å²) in [5.41, 5.74) is 2.63. The molecule has 0 aromatic carbocycles. The predicted molar refractivity (Wildman–Crippen MR) is 59.9 cm³/mol. The van der Waals surface area contributed by atoms with Crippen LogP contribution in [0.3, 0.4) is 0 Å². The van der Waals surface area contributed by atoms with Crippen molar-refractivity contribution in [2.45, 2.75) is 19.4 Å². The zero-order valence-electron chi connectivity index (χ0n) is 9.43. The molecule has 2 N–H and O–H groups in total. The van der Waals surface area contributed by atoms with E-state index in [-0.39, 0.29) is 11.8 Å². The fourth-order valence-corrected chi connectivity index (χ4v) is 1.47. The van der Waals surface area contributed by atoms with Gasteiger partial charge in [-0.1, -0.05) is 0 Å².